The van der Waals surface area contributed by atoms with Crippen LogP contribution in [-0.4, -0.2) is 36.3 Å². The third kappa shape index (κ3) is 3.21. The van der Waals surface area contributed by atoms with Crippen LogP contribution in [0, 0.1) is 11.6 Å². The van der Waals surface area contributed by atoms with Gasteiger partial charge in [-0.05, 0) is 42.3 Å². The van der Waals surface area contributed by atoms with Crippen molar-refractivity contribution in [2.24, 2.45) is 0 Å². The summed E-state index contributed by atoms with van der Waals surface area (Å²) in [5.74, 6) is -2.43. The zero-order chi connectivity index (χ0) is 20.5. The van der Waals surface area contributed by atoms with Gasteiger partial charge >= 0.3 is 6.03 Å². The number of Topliss-reactive ketones (excluding diaryl/α,β-unsaturated/α-hetero) is 1. The molecule has 146 valence electrons. The van der Waals surface area contributed by atoms with Crippen LogP contribution < -0.4 is 10.1 Å². The number of carbonyl (C=O) groups excluding carboxylic acids is 3. The Balaban J connectivity index is 1.86. The quantitative estimate of drug-likeness (QED) is 0.610. The topological polar surface area (TPSA) is 75.7 Å². The van der Waals surface area contributed by atoms with Gasteiger partial charge in [0.1, 0.15) is 11.4 Å². The standard InChI is InChI=1S/C20H18F2N2O4/c1-3-20(13-5-7-14(21)8-6-13)18(26)24(19(27)23-20)11-16(25)12-4-9-17(28-2)15(22)10-12/h4-10H,3,11H2,1-2H3,(H,23,27)/t20-/m0/s1. The van der Waals surface area contributed by atoms with Crippen molar-refractivity contribution in [1.82, 2.24) is 10.2 Å². The molecule has 3 amide bonds. The summed E-state index contributed by atoms with van der Waals surface area (Å²) >= 11 is 0. The molecule has 0 bridgehead atoms. The zero-order valence-electron chi connectivity index (χ0n) is 15.3. The lowest BCUT2D eigenvalue weighted by Crippen LogP contribution is -2.43. The summed E-state index contributed by atoms with van der Waals surface area (Å²) in [4.78, 5) is 38.7. The van der Waals surface area contributed by atoms with Gasteiger partial charge in [-0.1, -0.05) is 19.1 Å². The molecule has 1 aliphatic rings. The SMILES string of the molecule is CC[C@@]1(c2ccc(F)cc2)NC(=O)N(CC(=O)c2ccc(OC)c(F)c2)C1=O. The van der Waals surface area contributed by atoms with Gasteiger partial charge in [0.25, 0.3) is 5.91 Å². The molecule has 28 heavy (non-hydrogen) atoms. The van der Waals surface area contributed by atoms with E-state index in [2.05, 4.69) is 5.32 Å². The van der Waals surface area contributed by atoms with Crippen molar-refractivity contribution < 1.29 is 27.9 Å². The molecule has 0 aliphatic carbocycles. The van der Waals surface area contributed by atoms with Gasteiger partial charge in [0.15, 0.2) is 17.3 Å². The molecule has 8 heteroatoms. The van der Waals surface area contributed by atoms with Gasteiger partial charge in [0.05, 0.1) is 13.7 Å². The largest absolute Gasteiger partial charge is 0.494 e. The summed E-state index contributed by atoms with van der Waals surface area (Å²) in [7, 11) is 1.30. The molecule has 2 aromatic carbocycles. The minimum Gasteiger partial charge on any atom is -0.494 e. The Hall–Kier alpha value is -3.29. The predicted octanol–water partition coefficient (Wildman–Crippen LogP) is 3.01. The summed E-state index contributed by atoms with van der Waals surface area (Å²) in [6, 6.07) is 8.13. The fraction of sp³-hybridized carbons (Fsp3) is 0.250. The molecule has 0 aromatic heterocycles. The maximum absolute atomic E-state index is 13.8. The number of hydrogen-bond donors (Lipinski definition) is 1. The third-order valence-electron chi connectivity index (χ3n) is 4.82. The molecule has 0 saturated carbocycles. The summed E-state index contributed by atoms with van der Waals surface area (Å²) in [5, 5.41) is 2.61. The summed E-state index contributed by atoms with van der Waals surface area (Å²) < 4.78 is 31.9. The first kappa shape index (κ1) is 19.5. The van der Waals surface area contributed by atoms with Crippen LogP contribution in [0.1, 0.15) is 29.3 Å². The maximum Gasteiger partial charge on any atom is 0.325 e. The van der Waals surface area contributed by atoms with Crippen LogP contribution in [0.3, 0.4) is 0 Å². The van der Waals surface area contributed by atoms with Crippen LogP contribution in [0.5, 0.6) is 5.75 Å². The molecule has 3 rings (SSSR count). The minimum absolute atomic E-state index is 0.00896. The van der Waals surface area contributed by atoms with Crippen molar-refractivity contribution in [3.05, 3.63) is 65.2 Å². The van der Waals surface area contributed by atoms with Crippen LogP contribution in [0.25, 0.3) is 0 Å². The summed E-state index contributed by atoms with van der Waals surface area (Å²) in [6.07, 6.45) is 0.213. The lowest BCUT2D eigenvalue weighted by atomic mass is 9.87. The van der Waals surface area contributed by atoms with Crippen LogP contribution in [-0.2, 0) is 10.3 Å². The highest BCUT2D eigenvalue weighted by molar-refractivity contribution is 6.11. The first-order valence-corrected chi connectivity index (χ1v) is 8.59. The predicted molar refractivity (Wildman–Crippen MR) is 95.9 cm³/mol. The molecule has 2 aromatic rings. The number of halogens is 2. The van der Waals surface area contributed by atoms with E-state index in [0.29, 0.717) is 5.56 Å². The second kappa shape index (κ2) is 7.38. The van der Waals surface area contributed by atoms with Crippen molar-refractivity contribution in [3.8, 4) is 5.75 Å². The van der Waals surface area contributed by atoms with Crippen molar-refractivity contribution >= 4 is 17.7 Å². The summed E-state index contributed by atoms with van der Waals surface area (Å²) in [5.41, 5.74) is -0.953. The lowest BCUT2D eigenvalue weighted by molar-refractivity contribution is -0.131. The monoisotopic (exact) mass is 388 g/mol. The molecule has 1 heterocycles. The number of ketones is 1. The number of amides is 3. The number of rotatable bonds is 6. The number of benzene rings is 2. The van der Waals surface area contributed by atoms with Crippen molar-refractivity contribution in [3.63, 3.8) is 0 Å². The Kier molecular flexibility index (Phi) is 5.13. The Morgan fingerprint density at radius 2 is 1.82 bits per heavy atom. The van der Waals surface area contributed by atoms with Crippen LogP contribution in [0.2, 0.25) is 0 Å². The van der Waals surface area contributed by atoms with Crippen molar-refractivity contribution in [2.75, 3.05) is 13.7 Å². The van der Waals surface area contributed by atoms with E-state index in [4.69, 9.17) is 4.74 Å². The molecule has 0 radical (unpaired) electrons. The number of methoxy groups -OCH3 is 1. The van der Waals surface area contributed by atoms with E-state index in [1.807, 2.05) is 0 Å². The Morgan fingerprint density at radius 1 is 1.14 bits per heavy atom. The number of imide groups is 1. The Labute approximate surface area is 160 Å². The maximum atomic E-state index is 13.8. The van der Waals surface area contributed by atoms with Crippen molar-refractivity contribution in [1.29, 1.82) is 0 Å². The van der Waals surface area contributed by atoms with Gasteiger partial charge in [-0.2, -0.15) is 0 Å². The van der Waals surface area contributed by atoms with Gasteiger partial charge in [0.2, 0.25) is 0 Å². The summed E-state index contributed by atoms with van der Waals surface area (Å²) in [6.45, 7) is 1.16. The average Bonchev–Trinajstić information content (AvgIpc) is 2.93. The van der Waals surface area contributed by atoms with Gasteiger partial charge in [-0.3, -0.25) is 14.5 Å². The van der Waals surface area contributed by atoms with Crippen LogP contribution >= 0.6 is 0 Å². The average molecular weight is 388 g/mol. The minimum atomic E-state index is -1.38. The first-order chi connectivity index (χ1) is 13.3. The van der Waals surface area contributed by atoms with E-state index < -0.39 is 41.4 Å². The molecule has 1 N–H and O–H groups in total. The number of nitrogens with zero attached hydrogens (tertiary/aromatic N) is 1. The van der Waals surface area contributed by atoms with Gasteiger partial charge in [0, 0.05) is 5.56 Å². The van der Waals surface area contributed by atoms with E-state index in [1.54, 1.807) is 6.92 Å². The number of hydrogen-bond acceptors (Lipinski definition) is 4. The van der Waals surface area contributed by atoms with E-state index in [1.165, 1.54) is 43.5 Å². The van der Waals surface area contributed by atoms with Gasteiger partial charge < -0.3 is 10.1 Å². The number of ether oxygens (including phenoxy) is 1. The van der Waals surface area contributed by atoms with Crippen LogP contribution in [0.4, 0.5) is 13.6 Å². The highest BCUT2D eigenvalue weighted by Crippen LogP contribution is 2.32. The second-order valence-electron chi connectivity index (χ2n) is 6.36. The molecule has 6 nitrogen and oxygen atoms in total. The highest BCUT2D eigenvalue weighted by atomic mass is 19.1. The first-order valence-electron chi connectivity index (χ1n) is 8.59. The van der Waals surface area contributed by atoms with Crippen molar-refractivity contribution in [2.45, 2.75) is 18.9 Å². The second-order valence-corrected chi connectivity index (χ2v) is 6.36. The Bertz CT molecular complexity index is 946. The zero-order valence-corrected chi connectivity index (χ0v) is 15.3. The fourth-order valence-electron chi connectivity index (χ4n) is 3.22. The highest BCUT2D eigenvalue weighted by Gasteiger charge is 2.51. The fourth-order valence-corrected chi connectivity index (χ4v) is 3.22. The third-order valence-corrected chi connectivity index (χ3v) is 4.82. The molecule has 1 aliphatic heterocycles. The van der Waals surface area contributed by atoms with E-state index >= 15 is 0 Å². The number of nitrogens with one attached hydrogen (secondary N) is 1. The van der Waals surface area contributed by atoms with E-state index in [-0.39, 0.29) is 17.7 Å². The van der Waals surface area contributed by atoms with E-state index in [9.17, 15) is 23.2 Å². The molecule has 1 fully saturated rings. The number of urea groups is 1. The van der Waals surface area contributed by atoms with Gasteiger partial charge in [-0.15, -0.1) is 0 Å². The molecule has 1 atom stereocenters. The van der Waals surface area contributed by atoms with E-state index in [0.717, 1.165) is 11.0 Å². The lowest BCUT2D eigenvalue weighted by Gasteiger charge is -2.25. The molecule has 0 spiro atoms. The van der Waals surface area contributed by atoms with Gasteiger partial charge in [-0.25, -0.2) is 13.6 Å². The normalized spacial score (nSPS) is 18.9. The Morgan fingerprint density at radius 3 is 2.39 bits per heavy atom. The molecule has 0 unspecified atom stereocenters. The van der Waals surface area contributed by atoms with Crippen LogP contribution in [0.15, 0.2) is 42.5 Å². The molecular formula is C20H18F2N2O4. The molecular weight excluding hydrogens is 370 g/mol. The number of carbonyl (C=O) groups is 3. The smallest absolute Gasteiger partial charge is 0.325 e. The molecule has 1 saturated heterocycles.